The Bertz CT molecular complexity index is 947. The molecule has 5 heteroatoms. The first-order valence-electron chi connectivity index (χ1n) is 8.37. The summed E-state index contributed by atoms with van der Waals surface area (Å²) in [6.07, 6.45) is 1.96. The van der Waals surface area contributed by atoms with Gasteiger partial charge in [-0.2, -0.15) is 0 Å². The number of hydrogen-bond acceptors (Lipinski definition) is 4. The van der Waals surface area contributed by atoms with Crippen LogP contribution in [0.15, 0.2) is 60.8 Å². The van der Waals surface area contributed by atoms with Crippen molar-refractivity contribution in [2.24, 2.45) is 0 Å². The van der Waals surface area contributed by atoms with Gasteiger partial charge >= 0.3 is 5.97 Å². The fourth-order valence-corrected chi connectivity index (χ4v) is 2.92. The van der Waals surface area contributed by atoms with Crippen LogP contribution in [0.4, 0.5) is 0 Å². The number of esters is 1. The van der Waals surface area contributed by atoms with Crippen LogP contribution in [0.3, 0.4) is 0 Å². The number of aryl methyl sites for hydroxylation is 1. The number of amides is 1. The van der Waals surface area contributed by atoms with Crippen LogP contribution in [-0.2, 0) is 16.0 Å². The van der Waals surface area contributed by atoms with E-state index in [0.717, 1.165) is 22.0 Å². The molecule has 0 saturated carbocycles. The zero-order valence-electron chi connectivity index (χ0n) is 14.7. The molecule has 1 N–H and O–H groups in total. The average Bonchev–Trinajstić information content (AvgIpc) is 2.67. The van der Waals surface area contributed by atoms with Crippen LogP contribution >= 0.6 is 0 Å². The summed E-state index contributed by atoms with van der Waals surface area (Å²) in [5.41, 5.74) is 3.26. The van der Waals surface area contributed by atoms with E-state index in [0.29, 0.717) is 12.0 Å². The SMILES string of the molecule is COC(=O)[C@@H](Cc1ccccc1C)NC(=O)c1ccnc2ccccc12. The molecule has 5 nitrogen and oxygen atoms in total. The number of para-hydroxylation sites is 1. The molecule has 0 aliphatic heterocycles. The van der Waals surface area contributed by atoms with Crippen molar-refractivity contribution < 1.29 is 14.3 Å². The quantitative estimate of drug-likeness (QED) is 0.720. The molecule has 3 rings (SSSR count). The first-order chi connectivity index (χ1) is 12.6. The Balaban J connectivity index is 1.88. The lowest BCUT2D eigenvalue weighted by Crippen LogP contribution is -2.43. The fourth-order valence-electron chi connectivity index (χ4n) is 2.92. The van der Waals surface area contributed by atoms with Gasteiger partial charge in [-0.3, -0.25) is 9.78 Å². The van der Waals surface area contributed by atoms with Gasteiger partial charge in [-0.05, 0) is 30.2 Å². The fraction of sp³-hybridized carbons (Fsp3) is 0.190. The van der Waals surface area contributed by atoms with E-state index < -0.39 is 12.0 Å². The van der Waals surface area contributed by atoms with E-state index in [2.05, 4.69) is 10.3 Å². The molecule has 0 radical (unpaired) electrons. The number of carbonyl (C=O) groups is 2. The predicted octanol–water partition coefficient (Wildman–Crippen LogP) is 3.06. The summed E-state index contributed by atoms with van der Waals surface area (Å²) in [5.74, 6) is -0.799. The minimum atomic E-state index is -0.763. The second kappa shape index (κ2) is 7.78. The Kier molecular flexibility index (Phi) is 5.27. The highest BCUT2D eigenvalue weighted by molar-refractivity contribution is 6.07. The smallest absolute Gasteiger partial charge is 0.328 e. The van der Waals surface area contributed by atoms with Gasteiger partial charge in [-0.15, -0.1) is 0 Å². The topological polar surface area (TPSA) is 68.3 Å². The predicted molar refractivity (Wildman–Crippen MR) is 99.9 cm³/mol. The standard InChI is InChI=1S/C21H20N2O3/c1-14-7-3-4-8-15(14)13-19(21(25)26-2)23-20(24)17-11-12-22-18-10-6-5-9-16(17)18/h3-12,19H,13H2,1-2H3,(H,23,24)/t19-/m1/s1. The van der Waals surface area contributed by atoms with Crippen molar-refractivity contribution in [2.45, 2.75) is 19.4 Å². The van der Waals surface area contributed by atoms with Gasteiger partial charge in [0.05, 0.1) is 18.2 Å². The van der Waals surface area contributed by atoms with Crippen molar-refractivity contribution >= 4 is 22.8 Å². The number of ether oxygens (including phenoxy) is 1. The number of benzene rings is 2. The summed E-state index contributed by atoms with van der Waals surface area (Å²) >= 11 is 0. The van der Waals surface area contributed by atoms with Gasteiger partial charge in [0.25, 0.3) is 5.91 Å². The molecule has 2 aromatic carbocycles. The first kappa shape index (κ1) is 17.6. The van der Waals surface area contributed by atoms with Gasteiger partial charge in [-0.25, -0.2) is 4.79 Å². The van der Waals surface area contributed by atoms with Crippen LogP contribution in [0.1, 0.15) is 21.5 Å². The number of aromatic nitrogens is 1. The molecular formula is C21H20N2O3. The minimum Gasteiger partial charge on any atom is -0.467 e. The van der Waals surface area contributed by atoms with E-state index in [1.807, 2.05) is 55.5 Å². The number of pyridine rings is 1. The van der Waals surface area contributed by atoms with Crippen LogP contribution in [0, 0.1) is 6.92 Å². The summed E-state index contributed by atoms with van der Waals surface area (Å²) < 4.78 is 4.88. The lowest BCUT2D eigenvalue weighted by Gasteiger charge is -2.18. The van der Waals surface area contributed by atoms with Gasteiger partial charge in [0.2, 0.25) is 0 Å². The number of rotatable bonds is 5. The molecule has 0 fully saturated rings. The number of hydrogen-bond donors (Lipinski definition) is 1. The Hall–Kier alpha value is -3.21. The summed E-state index contributed by atoms with van der Waals surface area (Å²) in [6, 6.07) is 16.1. The van der Waals surface area contributed by atoms with Crippen molar-refractivity contribution in [3.8, 4) is 0 Å². The third kappa shape index (κ3) is 3.72. The molecule has 0 aliphatic rings. The number of nitrogens with one attached hydrogen (secondary N) is 1. The summed E-state index contributed by atoms with van der Waals surface area (Å²) in [4.78, 5) is 29.3. The molecule has 0 unspecified atom stereocenters. The second-order valence-electron chi connectivity index (χ2n) is 6.06. The highest BCUT2D eigenvalue weighted by atomic mass is 16.5. The summed E-state index contributed by atoms with van der Waals surface area (Å²) in [6.45, 7) is 1.97. The molecule has 132 valence electrons. The Labute approximate surface area is 152 Å². The van der Waals surface area contributed by atoms with E-state index in [1.165, 1.54) is 7.11 Å². The van der Waals surface area contributed by atoms with Crippen LogP contribution in [0.25, 0.3) is 10.9 Å². The highest BCUT2D eigenvalue weighted by Gasteiger charge is 2.24. The molecule has 26 heavy (non-hydrogen) atoms. The third-order valence-electron chi connectivity index (χ3n) is 4.37. The molecular weight excluding hydrogens is 328 g/mol. The number of nitrogens with zero attached hydrogens (tertiary/aromatic N) is 1. The van der Waals surface area contributed by atoms with E-state index in [1.54, 1.807) is 12.3 Å². The monoisotopic (exact) mass is 348 g/mol. The molecule has 3 aromatic rings. The number of carbonyl (C=O) groups excluding carboxylic acids is 2. The molecule has 0 aliphatic carbocycles. The maximum absolute atomic E-state index is 12.8. The lowest BCUT2D eigenvalue weighted by molar-refractivity contribution is -0.142. The largest absolute Gasteiger partial charge is 0.467 e. The molecule has 0 saturated heterocycles. The Morgan fingerprint density at radius 3 is 2.58 bits per heavy atom. The molecule has 1 heterocycles. The van der Waals surface area contributed by atoms with E-state index in [9.17, 15) is 9.59 Å². The number of methoxy groups -OCH3 is 1. The minimum absolute atomic E-state index is 0.326. The molecule has 0 bridgehead atoms. The molecule has 1 atom stereocenters. The first-order valence-corrected chi connectivity index (χ1v) is 8.37. The molecule has 0 spiro atoms. The number of fused-ring (bicyclic) bond motifs is 1. The maximum Gasteiger partial charge on any atom is 0.328 e. The van der Waals surface area contributed by atoms with E-state index >= 15 is 0 Å². The van der Waals surface area contributed by atoms with E-state index in [-0.39, 0.29) is 5.91 Å². The maximum atomic E-state index is 12.8. The third-order valence-corrected chi connectivity index (χ3v) is 4.37. The normalized spacial score (nSPS) is 11.8. The van der Waals surface area contributed by atoms with Crippen molar-refractivity contribution in [3.63, 3.8) is 0 Å². The Morgan fingerprint density at radius 1 is 1.08 bits per heavy atom. The van der Waals surface area contributed by atoms with Gasteiger partial charge in [0.15, 0.2) is 0 Å². The van der Waals surface area contributed by atoms with Crippen molar-refractivity contribution in [2.75, 3.05) is 7.11 Å². The average molecular weight is 348 g/mol. The highest BCUT2D eigenvalue weighted by Crippen LogP contribution is 2.17. The second-order valence-corrected chi connectivity index (χ2v) is 6.06. The van der Waals surface area contributed by atoms with Gasteiger partial charge < -0.3 is 10.1 Å². The van der Waals surface area contributed by atoms with Crippen molar-refractivity contribution in [3.05, 3.63) is 77.5 Å². The van der Waals surface area contributed by atoms with Gasteiger partial charge in [-0.1, -0.05) is 42.5 Å². The zero-order valence-corrected chi connectivity index (χ0v) is 14.7. The lowest BCUT2D eigenvalue weighted by atomic mass is 10.0. The summed E-state index contributed by atoms with van der Waals surface area (Å²) in [5, 5.41) is 3.55. The van der Waals surface area contributed by atoms with Crippen molar-refractivity contribution in [1.29, 1.82) is 0 Å². The van der Waals surface area contributed by atoms with Crippen molar-refractivity contribution in [1.82, 2.24) is 10.3 Å². The van der Waals surface area contributed by atoms with Crippen LogP contribution in [0.5, 0.6) is 0 Å². The molecule has 1 amide bonds. The molecule has 1 aromatic heterocycles. The van der Waals surface area contributed by atoms with Crippen LogP contribution in [-0.4, -0.2) is 30.0 Å². The zero-order chi connectivity index (χ0) is 18.5. The van der Waals surface area contributed by atoms with Crippen LogP contribution < -0.4 is 5.32 Å². The van der Waals surface area contributed by atoms with Crippen LogP contribution in [0.2, 0.25) is 0 Å². The van der Waals surface area contributed by atoms with E-state index in [4.69, 9.17) is 4.74 Å². The summed E-state index contributed by atoms with van der Waals surface area (Å²) in [7, 11) is 1.32. The Morgan fingerprint density at radius 2 is 1.81 bits per heavy atom. The van der Waals surface area contributed by atoms with Gasteiger partial charge in [0, 0.05) is 18.0 Å². The van der Waals surface area contributed by atoms with Gasteiger partial charge in [0.1, 0.15) is 6.04 Å².